The second-order valence-corrected chi connectivity index (χ2v) is 5.91. The van der Waals surface area contributed by atoms with Crippen LogP contribution in [0.15, 0.2) is 0 Å². The molecule has 2 rings (SSSR count). The average Bonchev–Trinajstić information content (AvgIpc) is 2.54. The minimum atomic E-state index is 0.0807. The Morgan fingerprint density at radius 1 is 1.12 bits per heavy atom. The van der Waals surface area contributed by atoms with Crippen molar-refractivity contribution in [1.29, 1.82) is 0 Å². The zero-order valence-corrected chi connectivity index (χ0v) is 11.2. The number of piperidine rings is 1. The van der Waals surface area contributed by atoms with E-state index in [1.165, 1.54) is 32.1 Å². The third-order valence-corrected chi connectivity index (χ3v) is 4.36. The molecule has 98 valence electrons. The van der Waals surface area contributed by atoms with Gasteiger partial charge in [-0.25, -0.2) is 0 Å². The highest BCUT2D eigenvalue weighted by atomic mass is 16.2. The van der Waals surface area contributed by atoms with Crippen molar-refractivity contribution in [3.63, 3.8) is 0 Å². The molecule has 2 saturated heterocycles. The lowest BCUT2D eigenvalue weighted by atomic mass is 9.92. The Morgan fingerprint density at radius 2 is 1.94 bits per heavy atom. The van der Waals surface area contributed by atoms with E-state index in [0.29, 0.717) is 11.8 Å². The maximum atomic E-state index is 12.5. The van der Waals surface area contributed by atoms with Crippen LogP contribution in [-0.4, -0.2) is 36.5 Å². The molecule has 17 heavy (non-hydrogen) atoms. The van der Waals surface area contributed by atoms with Crippen molar-refractivity contribution in [3.05, 3.63) is 0 Å². The molecule has 0 saturated carbocycles. The number of carbonyl (C=O) groups is 1. The van der Waals surface area contributed by atoms with Gasteiger partial charge in [0.2, 0.25) is 5.91 Å². The van der Waals surface area contributed by atoms with Gasteiger partial charge >= 0.3 is 0 Å². The topological polar surface area (TPSA) is 32.3 Å². The molecule has 2 heterocycles. The van der Waals surface area contributed by atoms with E-state index in [2.05, 4.69) is 24.1 Å². The molecule has 0 spiro atoms. The van der Waals surface area contributed by atoms with Crippen LogP contribution in [-0.2, 0) is 4.79 Å². The molecule has 2 fully saturated rings. The van der Waals surface area contributed by atoms with Crippen LogP contribution < -0.4 is 5.32 Å². The third-order valence-electron chi connectivity index (χ3n) is 4.36. The number of hydrogen-bond donors (Lipinski definition) is 1. The summed E-state index contributed by atoms with van der Waals surface area (Å²) in [6.45, 7) is 7.44. The highest BCUT2D eigenvalue weighted by Gasteiger charge is 2.31. The number of nitrogens with one attached hydrogen (secondary N) is 1. The normalized spacial score (nSPS) is 35.4. The first-order valence-corrected chi connectivity index (χ1v) is 7.20. The van der Waals surface area contributed by atoms with Crippen LogP contribution in [0.1, 0.15) is 46.0 Å². The van der Waals surface area contributed by atoms with Gasteiger partial charge in [-0.05, 0) is 50.5 Å². The minimum Gasteiger partial charge on any atom is -0.341 e. The molecular formula is C14H26N2O. The Kier molecular flexibility index (Phi) is 4.43. The van der Waals surface area contributed by atoms with E-state index in [4.69, 9.17) is 0 Å². The fraction of sp³-hybridized carbons (Fsp3) is 0.929. The van der Waals surface area contributed by atoms with E-state index >= 15 is 0 Å². The number of rotatable bonds is 1. The number of carbonyl (C=O) groups excluding carboxylic acids is 1. The zero-order chi connectivity index (χ0) is 12.3. The van der Waals surface area contributed by atoms with E-state index in [1.807, 2.05) is 0 Å². The summed E-state index contributed by atoms with van der Waals surface area (Å²) in [6.07, 6.45) is 6.02. The van der Waals surface area contributed by atoms with Gasteiger partial charge in [-0.1, -0.05) is 13.8 Å². The van der Waals surface area contributed by atoms with Gasteiger partial charge in [0, 0.05) is 13.1 Å². The van der Waals surface area contributed by atoms with E-state index < -0.39 is 0 Å². The fourth-order valence-electron chi connectivity index (χ4n) is 3.06. The van der Waals surface area contributed by atoms with Gasteiger partial charge in [-0.2, -0.15) is 0 Å². The van der Waals surface area contributed by atoms with Crippen LogP contribution in [0.3, 0.4) is 0 Å². The number of hydrogen-bond acceptors (Lipinski definition) is 2. The van der Waals surface area contributed by atoms with E-state index in [1.54, 1.807) is 0 Å². The lowest BCUT2D eigenvalue weighted by Gasteiger charge is -2.33. The first-order chi connectivity index (χ1) is 8.18. The maximum Gasteiger partial charge on any atom is 0.239 e. The van der Waals surface area contributed by atoms with Gasteiger partial charge < -0.3 is 10.2 Å². The van der Waals surface area contributed by atoms with E-state index in [-0.39, 0.29) is 6.04 Å². The maximum absolute atomic E-state index is 12.5. The summed E-state index contributed by atoms with van der Waals surface area (Å²) in [5.41, 5.74) is 0. The summed E-state index contributed by atoms with van der Waals surface area (Å²) < 4.78 is 0. The number of nitrogens with zero attached hydrogens (tertiary/aromatic N) is 1. The van der Waals surface area contributed by atoms with Gasteiger partial charge in [0.05, 0.1) is 6.04 Å². The highest BCUT2D eigenvalue weighted by Crippen LogP contribution is 2.21. The van der Waals surface area contributed by atoms with Crippen molar-refractivity contribution in [2.45, 2.75) is 52.0 Å². The van der Waals surface area contributed by atoms with Crippen molar-refractivity contribution >= 4 is 5.91 Å². The van der Waals surface area contributed by atoms with Gasteiger partial charge in [0.15, 0.2) is 0 Å². The molecule has 0 aromatic rings. The standard InChI is InChI=1S/C14H26N2O/c1-11-5-4-9-16(10-7-11)14(17)13-12(2)6-3-8-15-13/h11-13,15H,3-10H2,1-2H3. The predicted molar refractivity (Wildman–Crippen MR) is 69.8 cm³/mol. The Morgan fingerprint density at radius 3 is 2.71 bits per heavy atom. The Bertz CT molecular complexity index is 267. The van der Waals surface area contributed by atoms with Crippen molar-refractivity contribution < 1.29 is 4.79 Å². The SMILES string of the molecule is CC1CCCN(C(=O)C2NCCCC2C)CC1. The third kappa shape index (κ3) is 3.21. The van der Waals surface area contributed by atoms with Crippen LogP contribution in [0.4, 0.5) is 0 Å². The smallest absolute Gasteiger partial charge is 0.239 e. The summed E-state index contributed by atoms with van der Waals surface area (Å²) in [5, 5.41) is 3.41. The van der Waals surface area contributed by atoms with Crippen molar-refractivity contribution in [2.75, 3.05) is 19.6 Å². The molecule has 0 radical (unpaired) electrons. The highest BCUT2D eigenvalue weighted by molar-refractivity contribution is 5.82. The molecular weight excluding hydrogens is 212 g/mol. The van der Waals surface area contributed by atoms with Crippen LogP contribution in [0.5, 0.6) is 0 Å². The fourth-order valence-corrected chi connectivity index (χ4v) is 3.06. The minimum absolute atomic E-state index is 0.0807. The average molecular weight is 238 g/mol. The largest absolute Gasteiger partial charge is 0.341 e. The molecule has 3 nitrogen and oxygen atoms in total. The van der Waals surface area contributed by atoms with Crippen LogP contribution >= 0.6 is 0 Å². The summed E-state index contributed by atoms with van der Waals surface area (Å²) in [5.74, 6) is 1.63. The first kappa shape index (κ1) is 12.9. The van der Waals surface area contributed by atoms with Gasteiger partial charge in [0.1, 0.15) is 0 Å². The molecule has 3 unspecified atom stereocenters. The molecule has 1 N–H and O–H groups in total. The second-order valence-electron chi connectivity index (χ2n) is 5.91. The monoisotopic (exact) mass is 238 g/mol. The van der Waals surface area contributed by atoms with Gasteiger partial charge in [-0.15, -0.1) is 0 Å². The summed E-state index contributed by atoms with van der Waals surface area (Å²) >= 11 is 0. The Labute approximate surface area is 105 Å². The van der Waals surface area contributed by atoms with E-state index in [9.17, 15) is 4.79 Å². The van der Waals surface area contributed by atoms with Crippen molar-refractivity contribution in [2.24, 2.45) is 11.8 Å². The molecule has 3 atom stereocenters. The Hall–Kier alpha value is -0.570. The Balaban J connectivity index is 1.93. The summed E-state index contributed by atoms with van der Waals surface area (Å²) in [6, 6.07) is 0.0807. The van der Waals surface area contributed by atoms with Crippen LogP contribution in [0.25, 0.3) is 0 Å². The van der Waals surface area contributed by atoms with Crippen molar-refractivity contribution in [3.8, 4) is 0 Å². The molecule has 1 amide bonds. The van der Waals surface area contributed by atoms with Gasteiger partial charge in [-0.3, -0.25) is 4.79 Å². The van der Waals surface area contributed by atoms with E-state index in [0.717, 1.165) is 25.6 Å². The van der Waals surface area contributed by atoms with Gasteiger partial charge in [0.25, 0.3) is 0 Å². The number of likely N-dealkylation sites (tertiary alicyclic amines) is 1. The molecule has 2 aliphatic heterocycles. The lowest BCUT2D eigenvalue weighted by molar-refractivity contribution is -0.135. The van der Waals surface area contributed by atoms with Crippen molar-refractivity contribution in [1.82, 2.24) is 10.2 Å². The summed E-state index contributed by atoms with van der Waals surface area (Å²) in [4.78, 5) is 14.6. The van der Waals surface area contributed by atoms with Crippen LogP contribution in [0, 0.1) is 11.8 Å². The molecule has 2 aliphatic rings. The quantitative estimate of drug-likeness (QED) is 0.758. The lowest BCUT2D eigenvalue weighted by Crippen LogP contribution is -2.52. The number of amides is 1. The first-order valence-electron chi connectivity index (χ1n) is 7.20. The zero-order valence-electron chi connectivity index (χ0n) is 11.2. The summed E-state index contributed by atoms with van der Waals surface area (Å²) in [7, 11) is 0. The molecule has 3 heteroatoms. The molecule has 0 aromatic carbocycles. The molecule has 0 aliphatic carbocycles. The predicted octanol–water partition coefficient (Wildman–Crippen LogP) is 2.02. The molecule has 0 bridgehead atoms. The van der Waals surface area contributed by atoms with Crippen LogP contribution in [0.2, 0.25) is 0 Å². The molecule has 0 aromatic heterocycles. The second kappa shape index (κ2) is 5.85.